The van der Waals surface area contributed by atoms with Crippen molar-refractivity contribution in [1.29, 1.82) is 10.5 Å². The minimum absolute atomic E-state index is 0.121. The second kappa shape index (κ2) is 6.19. The van der Waals surface area contributed by atoms with Gasteiger partial charge in [-0.3, -0.25) is 0 Å². The lowest BCUT2D eigenvalue weighted by atomic mass is 9.94. The van der Waals surface area contributed by atoms with Crippen molar-refractivity contribution in [2.45, 2.75) is 12.1 Å². The average Bonchev–Trinajstić information content (AvgIpc) is 2.50. The van der Waals surface area contributed by atoms with Gasteiger partial charge in [0.25, 0.3) is 0 Å². The largest absolute Gasteiger partial charge is 0.419 e. The molecule has 2 rings (SSSR count). The maximum atomic E-state index is 13.3. The van der Waals surface area contributed by atoms with Crippen LogP contribution >= 0.6 is 11.6 Å². The lowest BCUT2D eigenvalue weighted by molar-refractivity contribution is -0.137. The van der Waals surface area contributed by atoms with Crippen LogP contribution < -0.4 is 0 Å². The van der Waals surface area contributed by atoms with E-state index in [1.165, 1.54) is 6.07 Å². The monoisotopic (exact) mass is 340 g/mol. The number of halogens is 5. The molecular weight excluding hydrogens is 336 g/mol. The third-order valence-corrected chi connectivity index (χ3v) is 3.22. The normalized spacial score (nSPS) is 12.3. The Balaban J connectivity index is 2.56. The average molecular weight is 341 g/mol. The van der Waals surface area contributed by atoms with Gasteiger partial charge < -0.3 is 0 Å². The predicted molar refractivity (Wildman–Crippen MR) is 70.6 cm³/mol. The van der Waals surface area contributed by atoms with Crippen molar-refractivity contribution < 1.29 is 17.6 Å². The van der Waals surface area contributed by atoms with Gasteiger partial charge in [0.05, 0.1) is 22.9 Å². The Morgan fingerprint density at radius 1 is 1.13 bits per heavy atom. The molecule has 1 unspecified atom stereocenters. The fourth-order valence-corrected chi connectivity index (χ4v) is 2.05. The third kappa shape index (κ3) is 3.38. The van der Waals surface area contributed by atoms with E-state index >= 15 is 0 Å². The first-order valence-electron chi connectivity index (χ1n) is 5.97. The molecule has 0 aliphatic heterocycles. The Morgan fingerprint density at radius 3 is 2.39 bits per heavy atom. The van der Waals surface area contributed by atoms with Crippen LogP contribution in [0, 0.1) is 28.5 Å². The van der Waals surface area contributed by atoms with Crippen molar-refractivity contribution in [3.05, 3.63) is 57.6 Å². The summed E-state index contributed by atoms with van der Waals surface area (Å²) in [5.41, 5.74) is -1.75. The van der Waals surface area contributed by atoms with E-state index < -0.39 is 28.6 Å². The molecule has 0 spiro atoms. The Hall–Kier alpha value is -2.71. The molecule has 23 heavy (non-hydrogen) atoms. The molecule has 1 atom stereocenters. The fourth-order valence-electron chi connectivity index (χ4n) is 1.85. The molecular formula is C14H5ClF4N4. The van der Waals surface area contributed by atoms with Crippen LogP contribution in [-0.4, -0.2) is 10.2 Å². The number of benzene rings is 1. The zero-order valence-electron chi connectivity index (χ0n) is 11.1. The van der Waals surface area contributed by atoms with Gasteiger partial charge in [-0.1, -0.05) is 17.7 Å². The zero-order valence-corrected chi connectivity index (χ0v) is 11.8. The summed E-state index contributed by atoms with van der Waals surface area (Å²) in [6.45, 7) is 0. The highest BCUT2D eigenvalue weighted by molar-refractivity contribution is 6.30. The molecule has 0 aliphatic carbocycles. The molecule has 0 N–H and O–H groups in total. The molecule has 116 valence electrons. The summed E-state index contributed by atoms with van der Waals surface area (Å²) >= 11 is 5.37. The van der Waals surface area contributed by atoms with E-state index in [-0.39, 0.29) is 16.8 Å². The van der Waals surface area contributed by atoms with Crippen LogP contribution in [0.15, 0.2) is 24.3 Å². The first kappa shape index (κ1) is 16.7. The summed E-state index contributed by atoms with van der Waals surface area (Å²) in [6.07, 6.45) is -4.76. The van der Waals surface area contributed by atoms with Gasteiger partial charge in [-0.2, -0.15) is 28.8 Å². The van der Waals surface area contributed by atoms with E-state index in [0.717, 1.165) is 12.1 Å². The third-order valence-electron chi connectivity index (χ3n) is 2.94. The summed E-state index contributed by atoms with van der Waals surface area (Å²) in [5.74, 6) is -2.06. The van der Waals surface area contributed by atoms with Crippen LogP contribution in [-0.2, 0) is 6.18 Å². The molecule has 0 bridgehead atoms. The molecule has 0 saturated heterocycles. The number of nitrogens with zero attached hydrogens (tertiary/aromatic N) is 4. The predicted octanol–water partition coefficient (Wildman–Crippen LogP) is 3.82. The minimum atomic E-state index is -4.76. The van der Waals surface area contributed by atoms with Gasteiger partial charge in [-0.15, -0.1) is 5.10 Å². The molecule has 0 aliphatic rings. The zero-order chi connectivity index (χ0) is 17.2. The van der Waals surface area contributed by atoms with Crippen molar-refractivity contribution in [2.75, 3.05) is 0 Å². The Labute approximate surface area is 132 Å². The van der Waals surface area contributed by atoms with Crippen LogP contribution in [0.2, 0.25) is 5.15 Å². The molecule has 0 radical (unpaired) electrons. The molecule has 1 aromatic carbocycles. The number of hydrogen-bond acceptors (Lipinski definition) is 4. The molecule has 0 saturated carbocycles. The quantitative estimate of drug-likeness (QED) is 0.779. The molecule has 9 heteroatoms. The highest BCUT2D eigenvalue weighted by Gasteiger charge is 2.35. The molecule has 4 nitrogen and oxygen atoms in total. The van der Waals surface area contributed by atoms with Crippen LogP contribution in [0.5, 0.6) is 0 Å². The topological polar surface area (TPSA) is 73.4 Å². The van der Waals surface area contributed by atoms with E-state index in [2.05, 4.69) is 10.2 Å². The van der Waals surface area contributed by atoms with E-state index in [9.17, 15) is 22.8 Å². The summed E-state index contributed by atoms with van der Waals surface area (Å²) in [5, 5.41) is 23.9. The van der Waals surface area contributed by atoms with Crippen LogP contribution in [0.25, 0.3) is 0 Å². The van der Waals surface area contributed by atoms with Crippen molar-refractivity contribution in [1.82, 2.24) is 10.2 Å². The lowest BCUT2D eigenvalue weighted by Gasteiger charge is -2.12. The van der Waals surface area contributed by atoms with Crippen molar-refractivity contribution in [2.24, 2.45) is 0 Å². The standard InChI is InChI=1S/C14H5ClF4N4/c15-13-10(14(17,18)19)4-12(22-23-13)9(6-21)7-1-2-11(16)8(3-7)5-20/h1-4,9H. The van der Waals surface area contributed by atoms with Gasteiger partial charge in [-0.25, -0.2) is 4.39 Å². The second-order valence-corrected chi connectivity index (χ2v) is 4.74. The van der Waals surface area contributed by atoms with Gasteiger partial charge in [-0.05, 0) is 23.8 Å². The van der Waals surface area contributed by atoms with Crippen molar-refractivity contribution >= 4 is 11.6 Å². The number of nitriles is 2. The first-order chi connectivity index (χ1) is 10.8. The summed E-state index contributed by atoms with van der Waals surface area (Å²) in [7, 11) is 0. The van der Waals surface area contributed by atoms with Crippen LogP contribution in [0.4, 0.5) is 17.6 Å². The molecule has 1 aromatic heterocycles. The first-order valence-corrected chi connectivity index (χ1v) is 6.35. The van der Waals surface area contributed by atoms with E-state index in [1.807, 2.05) is 0 Å². The lowest BCUT2D eigenvalue weighted by Crippen LogP contribution is -2.11. The Morgan fingerprint density at radius 2 is 1.83 bits per heavy atom. The highest BCUT2D eigenvalue weighted by Crippen LogP contribution is 2.35. The molecule has 0 amide bonds. The summed E-state index contributed by atoms with van der Waals surface area (Å²) in [6, 6.07) is 7.17. The number of aromatic nitrogens is 2. The van der Waals surface area contributed by atoms with Crippen LogP contribution in [0.1, 0.15) is 28.3 Å². The van der Waals surface area contributed by atoms with E-state index in [1.54, 1.807) is 12.1 Å². The number of rotatable bonds is 2. The van der Waals surface area contributed by atoms with Gasteiger partial charge >= 0.3 is 6.18 Å². The van der Waals surface area contributed by atoms with Gasteiger partial charge in [0, 0.05) is 0 Å². The van der Waals surface area contributed by atoms with Crippen molar-refractivity contribution in [3.63, 3.8) is 0 Å². The van der Waals surface area contributed by atoms with Crippen molar-refractivity contribution in [3.8, 4) is 12.1 Å². The Bertz CT molecular complexity index is 836. The van der Waals surface area contributed by atoms with Gasteiger partial charge in [0.2, 0.25) is 0 Å². The molecule has 0 fully saturated rings. The minimum Gasteiger partial charge on any atom is -0.206 e. The maximum absolute atomic E-state index is 13.3. The molecule has 1 heterocycles. The summed E-state index contributed by atoms with van der Waals surface area (Å²) in [4.78, 5) is 0. The maximum Gasteiger partial charge on any atom is 0.419 e. The van der Waals surface area contributed by atoms with Gasteiger partial charge in [0.1, 0.15) is 17.8 Å². The molecule has 2 aromatic rings. The number of alkyl halides is 3. The van der Waals surface area contributed by atoms with Gasteiger partial charge in [0.15, 0.2) is 5.15 Å². The SMILES string of the molecule is N#Cc1cc(C(C#N)c2cc(C(F)(F)F)c(Cl)nn2)ccc1F. The van der Waals surface area contributed by atoms with E-state index in [0.29, 0.717) is 6.07 Å². The van der Waals surface area contributed by atoms with Crippen LogP contribution in [0.3, 0.4) is 0 Å². The fraction of sp³-hybridized carbons (Fsp3) is 0.143. The second-order valence-electron chi connectivity index (χ2n) is 4.38. The summed E-state index contributed by atoms with van der Waals surface area (Å²) < 4.78 is 51.8. The number of hydrogen-bond donors (Lipinski definition) is 0. The van der Waals surface area contributed by atoms with E-state index in [4.69, 9.17) is 16.9 Å². The highest BCUT2D eigenvalue weighted by atomic mass is 35.5. The Kier molecular flexibility index (Phi) is 4.48. The smallest absolute Gasteiger partial charge is 0.206 e.